The van der Waals surface area contributed by atoms with Gasteiger partial charge in [0.05, 0.1) is 0 Å². The van der Waals surface area contributed by atoms with E-state index >= 15 is 0 Å². The Morgan fingerprint density at radius 2 is 1.52 bits per heavy atom. The summed E-state index contributed by atoms with van der Waals surface area (Å²) in [5.41, 5.74) is 3.50. The van der Waals surface area contributed by atoms with Gasteiger partial charge in [0.15, 0.2) is 0 Å². The van der Waals surface area contributed by atoms with E-state index < -0.39 is 11.6 Å². The molecule has 0 saturated heterocycles. The Morgan fingerprint density at radius 1 is 0.905 bits per heavy atom. The highest BCUT2D eigenvalue weighted by molar-refractivity contribution is 6.52. The van der Waals surface area contributed by atoms with Crippen molar-refractivity contribution in [2.24, 2.45) is 0 Å². The Bertz CT molecular complexity index is 727. The maximum absolute atomic E-state index is 12.2. The van der Waals surface area contributed by atoms with E-state index in [1.165, 1.54) is 0 Å². The fourth-order valence-corrected chi connectivity index (χ4v) is 2.87. The van der Waals surface area contributed by atoms with Crippen molar-refractivity contribution in [1.29, 1.82) is 0 Å². The summed E-state index contributed by atoms with van der Waals surface area (Å²) in [6.07, 6.45) is 0.823. The number of hydrogen-bond acceptors (Lipinski definition) is 3. The number of hydrogen-bond donors (Lipinski definition) is 1. The first-order valence-corrected chi connectivity index (χ1v) is 7.10. The molecule has 3 heteroatoms. The third-order valence-electron chi connectivity index (χ3n) is 4.14. The van der Waals surface area contributed by atoms with Gasteiger partial charge in [0.2, 0.25) is 11.6 Å². The molecule has 1 unspecified atom stereocenters. The summed E-state index contributed by atoms with van der Waals surface area (Å²) in [7, 11) is 0. The van der Waals surface area contributed by atoms with Crippen molar-refractivity contribution in [2.75, 3.05) is 6.61 Å². The van der Waals surface area contributed by atoms with Gasteiger partial charge < -0.3 is 5.11 Å². The molecule has 21 heavy (non-hydrogen) atoms. The van der Waals surface area contributed by atoms with Crippen LogP contribution in [0.1, 0.15) is 45.5 Å². The lowest BCUT2D eigenvalue weighted by Gasteiger charge is -2.20. The molecule has 0 fully saturated rings. The van der Waals surface area contributed by atoms with Gasteiger partial charge in [0, 0.05) is 23.7 Å². The SMILES string of the molecule is CCC(CO)c1ccc2c(c1)-c1ccccc1C(=O)C2=O. The van der Waals surface area contributed by atoms with Crippen LogP contribution in [0.25, 0.3) is 11.1 Å². The zero-order valence-corrected chi connectivity index (χ0v) is 11.8. The first-order chi connectivity index (χ1) is 10.2. The molecule has 3 rings (SSSR count). The largest absolute Gasteiger partial charge is 0.396 e. The molecule has 0 radical (unpaired) electrons. The number of carbonyl (C=O) groups excluding carboxylic acids is 2. The lowest BCUT2D eigenvalue weighted by Crippen LogP contribution is -2.21. The molecule has 106 valence electrons. The highest BCUT2D eigenvalue weighted by Crippen LogP contribution is 2.35. The van der Waals surface area contributed by atoms with Crippen LogP contribution < -0.4 is 0 Å². The predicted octanol–water partition coefficient (Wildman–Crippen LogP) is 3.22. The lowest BCUT2D eigenvalue weighted by atomic mass is 9.81. The summed E-state index contributed by atoms with van der Waals surface area (Å²) in [6.45, 7) is 2.09. The van der Waals surface area contributed by atoms with Crippen molar-refractivity contribution >= 4 is 11.6 Å². The van der Waals surface area contributed by atoms with Crippen LogP contribution >= 0.6 is 0 Å². The highest BCUT2D eigenvalue weighted by Gasteiger charge is 2.30. The van der Waals surface area contributed by atoms with Gasteiger partial charge in [-0.25, -0.2) is 0 Å². The molecular formula is C18H16O3. The summed E-state index contributed by atoms with van der Waals surface area (Å²) >= 11 is 0. The van der Waals surface area contributed by atoms with E-state index in [0.29, 0.717) is 11.1 Å². The van der Waals surface area contributed by atoms with Gasteiger partial charge in [-0.2, -0.15) is 0 Å². The fourth-order valence-electron chi connectivity index (χ4n) is 2.87. The minimum Gasteiger partial charge on any atom is -0.396 e. The third-order valence-corrected chi connectivity index (χ3v) is 4.14. The zero-order chi connectivity index (χ0) is 15.0. The van der Waals surface area contributed by atoms with Gasteiger partial charge in [-0.05, 0) is 29.2 Å². The molecule has 0 amide bonds. The normalized spacial score (nSPS) is 14.6. The molecule has 2 aromatic carbocycles. The second-order valence-corrected chi connectivity index (χ2v) is 5.30. The van der Waals surface area contributed by atoms with Gasteiger partial charge in [-0.1, -0.05) is 43.3 Å². The number of aliphatic hydroxyl groups excluding tert-OH is 1. The molecule has 1 aliphatic rings. The summed E-state index contributed by atoms with van der Waals surface area (Å²) in [5, 5.41) is 9.45. The van der Waals surface area contributed by atoms with E-state index in [4.69, 9.17) is 0 Å². The molecule has 1 aliphatic carbocycles. The van der Waals surface area contributed by atoms with E-state index in [2.05, 4.69) is 0 Å². The summed E-state index contributed by atoms with van der Waals surface area (Å²) in [5.74, 6) is -0.845. The van der Waals surface area contributed by atoms with Crippen LogP contribution in [0.4, 0.5) is 0 Å². The van der Waals surface area contributed by atoms with Crippen molar-refractivity contribution in [3.63, 3.8) is 0 Å². The quantitative estimate of drug-likeness (QED) is 0.878. The number of ketones is 2. The average molecular weight is 280 g/mol. The van der Waals surface area contributed by atoms with Crippen LogP contribution in [0.15, 0.2) is 42.5 Å². The number of fused-ring (bicyclic) bond motifs is 3. The summed E-state index contributed by atoms with van der Waals surface area (Å²) in [6, 6.07) is 12.7. The average Bonchev–Trinajstić information content (AvgIpc) is 2.54. The summed E-state index contributed by atoms with van der Waals surface area (Å²) in [4.78, 5) is 24.3. The van der Waals surface area contributed by atoms with Crippen molar-refractivity contribution in [1.82, 2.24) is 0 Å². The fraction of sp³-hybridized carbons (Fsp3) is 0.222. The van der Waals surface area contributed by atoms with Crippen LogP contribution in [0.3, 0.4) is 0 Å². The zero-order valence-electron chi connectivity index (χ0n) is 11.8. The molecule has 1 N–H and O–H groups in total. The molecule has 0 bridgehead atoms. The Morgan fingerprint density at radius 3 is 2.14 bits per heavy atom. The number of Topliss-reactive ketones (excluding diaryl/α,β-unsaturated/α-hetero) is 2. The first kappa shape index (κ1) is 13.7. The van der Waals surface area contributed by atoms with E-state index in [1.807, 2.05) is 31.2 Å². The number of rotatable bonds is 3. The molecule has 0 saturated carbocycles. The van der Waals surface area contributed by atoms with Crippen molar-refractivity contribution in [3.8, 4) is 11.1 Å². The Balaban J connectivity index is 2.22. The van der Waals surface area contributed by atoms with E-state index in [9.17, 15) is 14.7 Å². The molecule has 0 heterocycles. The van der Waals surface area contributed by atoms with Gasteiger partial charge in [0.1, 0.15) is 0 Å². The minimum absolute atomic E-state index is 0.0511. The van der Waals surface area contributed by atoms with Gasteiger partial charge >= 0.3 is 0 Å². The van der Waals surface area contributed by atoms with Crippen LogP contribution in [-0.2, 0) is 0 Å². The summed E-state index contributed by atoms with van der Waals surface area (Å²) < 4.78 is 0. The third kappa shape index (κ3) is 2.10. The minimum atomic E-state index is -0.452. The van der Waals surface area contributed by atoms with Crippen LogP contribution in [-0.4, -0.2) is 23.3 Å². The predicted molar refractivity (Wildman–Crippen MR) is 80.7 cm³/mol. The van der Waals surface area contributed by atoms with Crippen LogP contribution in [0.2, 0.25) is 0 Å². The number of benzene rings is 2. The molecule has 2 aromatic rings. The topological polar surface area (TPSA) is 54.4 Å². The Kier molecular flexibility index (Phi) is 3.43. The molecule has 0 aromatic heterocycles. The molecule has 0 aliphatic heterocycles. The maximum atomic E-state index is 12.2. The van der Waals surface area contributed by atoms with Gasteiger partial charge in [0.25, 0.3) is 0 Å². The molecule has 3 nitrogen and oxygen atoms in total. The maximum Gasteiger partial charge on any atom is 0.234 e. The first-order valence-electron chi connectivity index (χ1n) is 7.10. The second kappa shape index (κ2) is 5.26. The van der Waals surface area contributed by atoms with Crippen molar-refractivity contribution < 1.29 is 14.7 Å². The Labute approximate surface area is 123 Å². The second-order valence-electron chi connectivity index (χ2n) is 5.30. The highest BCUT2D eigenvalue weighted by atomic mass is 16.3. The van der Waals surface area contributed by atoms with E-state index in [0.717, 1.165) is 23.1 Å². The van der Waals surface area contributed by atoms with E-state index in [-0.39, 0.29) is 12.5 Å². The number of aliphatic hydroxyl groups is 1. The van der Waals surface area contributed by atoms with Crippen molar-refractivity contribution in [2.45, 2.75) is 19.3 Å². The molecule has 1 atom stereocenters. The lowest BCUT2D eigenvalue weighted by molar-refractivity contribution is 0.0815. The monoisotopic (exact) mass is 280 g/mol. The Hall–Kier alpha value is -2.26. The van der Waals surface area contributed by atoms with Crippen LogP contribution in [0.5, 0.6) is 0 Å². The van der Waals surface area contributed by atoms with Gasteiger partial charge in [-0.3, -0.25) is 9.59 Å². The molecule has 0 spiro atoms. The van der Waals surface area contributed by atoms with Crippen molar-refractivity contribution in [3.05, 3.63) is 59.2 Å². The smallest absolute Gasteiger partial charge is 0.234 e. The molecular weight excluding hydrogens is 264 g/mol. The van der Waals surface area contributed by atoms with Gasteiger partial charge in [-0.15, -0.1) is 0 Å². The van der Waals surface area contributed by atoms with Crippen LogP contribution in [0, 0.1) is 0 Å². The number of carbonyl (C=O) groups is 2. The standard InChI is InChI=1S/C18H16O3/c1-2-11(10-19)12-7-8-15-16(9-12)13-5-3-4-6-14(13)17(20)18(15)21/h3-9,11,19H,2,10H2,1H3. The van der Waals surface area contributed by atoms with E-state index in [1.54, 1.807) is 18.2 Å².